The van der Waals surface area contributed by atoms with Crippen LogP contribution >= 0.6 is 0 Å². The summed E-state index contributed by atoms with van der Waals surface area (Å²) in [4.78, 5) is 23.4. The van der Waals surface area contributed by atoms with Crippen LogP contribution in [0.3, 0.4) is 0 Å². The summed E-state index contributed by atoms with van der Waals surface area (Å²) >= 11 is 0. The Kier molecular flexibility index (Phi) is 4.77. The van der Waals surface area contributed by atoms with Gasteiger partial charge in [-0.3, -0.25) is 4.79 Å². The van der Waals surface area contributed by atoms with Gasteiger partial charge in [-0.1, -0.05) is 12.1 Å². The number of hydrogen-bond acceptors (Lipinski definition) is 5. The van der Waals surface area contributed by atoms with Gasteiger partial charge in [0, 0.05) is 12.5 Å². The fraction of sp³-hybridized carbons (Fsp3) is 0.500. The van der Waals surface area contributed by atoms with Crippen LogP contribution in [0.2, 0.25) is 0 Å². The molecule has 0 radical (unpaired) electrons. The second kappa shape index (κ2) is 6.82. The van der Waals surface area contributed by atoms with Crippen molar-refractivity contribution in [3.05, 3.63) is 29.3 Å². The van der Waals surface area contributed by atoms with Crippen molar-refractivity contribution >= 4 is 19.0 Å². The summed E-state index contributed by atoms with van der Waals surface area (Å²) in [6.45, 7) is 0. The van der Waals surface area contributed by atoms with Gasteiger partial charge in [0.1, 0.15) is 5.75 Å². The molecule has 1 aromatic carbocycles. The lowest BCUT2D eigenvalue weighted by molar-refractivity contribution is -0.122. The van der Waals surface area contributed by atoms with Crippen LogP contribution in [0.15, 0.2) is 18.2 Å². The molecule has 0 bridgehead atoms. The number of rotatable bonds is 4. The second-order valence-corrected chi connectivity index (χ2v) is 6.63. The van der Waals surface area contributed by atoms with Crippen LogP contribution in [0.5, 0.6) is 5.75 Å². The van der Waals surface area contributed by atoms with Crippen molar-refractivity contribution in [2.45, 2.75) is 44.1 Å². The van der Waals surface area contributed by atoms with E-state index in [0.29, 0.717) is 18.4 Å². The van der Waals surface area contributed by atoms with Gasteiger partial charge < -0.3 is 25.8 Å². The van der Waals surface area contributed by atoms with E-state index in [9.17, 15) is 19.7 Å². The predicted octanol–water partition coefficient (Wildman–Crippen LogP) is 0.342. The molecule has 8 heteroatoms. The fourth-order valence-corrected chi connectivity index (χ4v) is 3.54. The molecule has 1 aromatic rings. The Balaban J connectivity index is 1.65. The molecule has 2 aliphatic rings. The van der Waals surface area contributed by atoms with E-state index in [1.54, 1.807) is 12.1 Å². The molecule has 0 saturated heterocycles. The van der Waals surface area contributed by atoms with E-state index in [0.717, 1.165) is 19.3 Å². The monoisotopic (exact) mass is 332 g/mol. The molecule has 7 nitrogen and oxygen atoms in total. The number of carbonyl (C=O) groups excluding carboxylic acids is 1. The highest BCUT2D eigenvalue weighted by Gasteiger charge is 2.38. The first-order valence-electron chi connectivity index (χ1n) is 8.19. The molecule has 1 aliphatic heterocycles. The molecule has 3 atom stereocenters. The molecule has 3 rings (SSSR count). The minimum Gasteiger partial charge on any atom is -0.534 e. The standard InChI is InChI=1S/C16H21BN2O5/c18-11-5-4-9(6-11)7-14(20)19-13-8-10-2-1-3-12(16(21)22)15(10)24-17(13)23/h1-3,9,11,13,23H,4-8,18H2,(H,19,20)(H,21,22). The van der Waals surface area contributed by atoms with E-state index in [1.165, 1.54) is 6.07 Å². The van der Waals surface area contributed by atoms with E-state index in [2.05, 4.69) is 5.32 Å². The van der Waals surface area contributed by atoms with Crippen molar-refractivity contribution in [1.82, 2.24) is 5.32 Å². The highest BCUT2D eigenvalue weighted by atomic mass is 16.5. The number of aromatic carboxylic acids is 1. The Labute approximate surface area is 140 Å². The van der Waals surface area contributed by atoms with Crippen LogP contribution in [-0.4, -0.2) is 41.1 Å². The second-order valence-electron chi connectivity index (χ2n) is 6.63. The highest BCUT2D eigenvalue weighted by Crippen LogP contribution is 2.30. The number of para-hydroxylation sites is 1. The Morgan fingerprint density at radius 3 is 2.83 bits per heavy atom. The average molecular weight is 332 g/mol. The highest BCUT2D eigenvalue weighted by molar-refractivity contribution is 6.47. The van der Waals surface area contributed by atoms with Crippen molar-refractivity contribution in [2.24, 2.45) is 11.7 Å². The molecule has 1 heterocycles. The first-order chi connectivity index (χ1) is 11.4. The van der Waals surface area contributed by atoms with Crippen LogP contribution in [0.1, 0.15) is 41.6 Å². The van der Waals surface area contributed by atoms with E-state index in [4.69, 9.17) is 10.4 Å². The molecular formula is C16H21BN2O5. The van der Waals surface area contributed by atoms with Crippen LogP contribution in [-0.2, 0) is 11.2 Å². The number of nitrogens with two attached hydrogens (primary N) is 1. The fourth-order valence-electron chi connectivity index (χ4n) is 3.54. The quantitative estimate of drug-likeness (QED) is 0.590. The van der Waals surface area contributed by atoms with Crippen molar-refractivity contribution < 1.29 is 24.4 Å². The molecule has 1 saturated carbocycles. The molecular weight excluding hydrogens is 311 g/mol. The number of carboxylic acid groups (broad SMARTS) is 1. The molecule has 128 valence electrons. The van der Waals surface area contributed by atoms with Gasteiger partial charge in [0.25, 0.3) is 0 Å². The Morgan fingerprint density at radius 2 is 2.17 bits per heavy atom. The maximum atomic E-state index is 12.2. The van der Waals surface area contributed by atoms with Crippen molar-refractivity contribution in [3.63, 3.8) is 0 Å². The minimum atomic E-state index is -1.27. The first-order valence-corrected chi connectivity index (χ1v) is 8.19. The summed E-state index contributed by atoms with van der Waals surface area (Å²) in [6, 6.07) is 4.97. The zero-order valence-corrected chi connectivity index (χ0v) is 13.3. The summed E-state index contributed by atoms with van der Waals surface area (Å²) in [6.07, 6.45) is 3.45. The van der Waals surface area contributed by atoms with Crippen LogP contribution in [0.4, 0.5) is 0 Å². The van der Waals surface area contributed by atoms with E-state index in [-0.39, 0.29) is 29.2 Å². The predicted molar refractivity (Wildman–Crippen MR) is 87.6 cm³/mol. The zero-order valence-electron chi connectivity index (χ0n) is 13.3. The largest absolute Gasteiger partial charge is 0.547 e. The Hall–Kier alpha value is -2.06. The van der Waals surface area contributed by atoms with E-state index < -0.39 is 19.0 Å². The van der Waals surface area contributed by atoms with Gasteiger partial charge in [-0.15, -0.1) is 0 Å². The lowest BCUT2D eigenvalue weighted by atomic mass is 9.72. The molecule has 1 amide bonds. The van der Waals surface area contributed by atoms with Crippen LogP contribution in [0, 0.1) is 5.92 Å². The first kappa shape index (κ1) is 16.8. The molecule has 0 aromatic heterocycles. The molecule has 0 spiro atoms. The van der Waals surface area contributed by atoms with Crippen molar-refractivity contribution in [3.8, 4) is 5.75 Å². The number of benzene rings is 1. The SMILES string of the molecule is NC1CCC(CC(=O)NC2Cc3cccc(C(=O)O)c3OB2O)C1. The Bertz CT molecular complexity index is 653. The lowest BCUT2D eigenvalue weighted by Gasteiger charge is -2.29. The normalized spacial score (nSPS) is 25.8. The van der Waals surface area contributed by atoms with Crippen molar-refractivity contribution in [1.29, 1.82) is 0 Å². The lowest BCUT2D eigenvalue weighted by Crippen LogP contribution is -2.53. The van der Waals surface area contributed by atoms with Gasteiger partial charge in [0.15, 0.2) is 0 Å². The van der Waals surface area contributed by atoms with Gasteiger partial charge in [0.05, 0.1) is 11.5 Å². The number of fused-ring (bicyclic) bond motifs is 1. The van der Waals surface area contributed by atoms with Crippen LogP contribution < -0.4 is 15.7 Å². The topological polar surface area (TPSA) is 122 Å². The summed E-state index contributed by atoms with van der Waals surface area (Å²) in [7, 11) is -1.27. The smallest absolute Gasteiger partial charge is 0.534 e. The summed E-state index contributed by atoms with van der Waals surface area (Å²) in [5.74, 6) is -1.39. The number of carbonyl (C=O) groups is 2. The zero-order chi connectivity index (χ0) is 17.3. The third-order valence-corrected chi connectivity index (χ3v) is 4.75. The molecule has 24 heavy (non-hydrogen) atoms. The van der Waals surface area contributed by atoms with Gasteiger partial charge >= 0.3 is 13.1 Å². The molecule has 1 aliphatic carbocycles. The van der Waals surface area contributed by atoms with Gasteiger partial charge in [-0.05, 0) is 43.2 Å². The molecule has 3 unspecified atom stereocenters. The van der Waals surface area contributed by atoms with Gasteiger partial charge in [0.2, 0.25) is 5.91 Å². The maximum absolute atomic E-state index is 12.2. The van der Waals surface area contributed by atoms with E-state index in [1.807, 2.05) is 0 Å². The number of amides is 1. The molecule has 5 N–H and O–H groups in total. The van der Waals surface area contributed by atoms with Crippen LogP contribution in [0.25, 0.3) is 0 Å². The Morgan fingerprint density at radius 1 is 1.38 bits per heavy atom. The third-order valence-electron chi connectivity index (χ3n) is 4.75. The van der Waals surface area contributed by atoms with Crippen molar-refractivity contribution in [2.75, 3.05) is 0 Å². The minimum absolute atomic E-state index is 0.0104. The van der Waals surface area contributed by atoms with Gasteiger partial charge in [-0.2, -0.15) is 0 Å². The number of nitrogens with one attached hydrogen (secondary N) is 1. The summed E-state index contributed by atoms with van der Waals surface area (Å²) in [5, 5.41) is 22.1. The van der Waals surface area contributed by atoms with Gasteiger partial charge in [-0.25, -0.2) is 4.79 Å². The number of hydrogen-bond donors (Lipinski definition) is 4. The molecule has 1 fully saturated rings. The summed E-state index contributed by atoms with van der Waals surface area (Å²) < 4.78 is 5.36. The maximum Gasteiger partial charge on any atom is 0.547 e. The summed E-state index contributed by atoms with van der Waals surface area (Å²) in [5.41, 5.74) is 6.53. The third kappa shape index (κ3) is 3.54. The number of carboxylic acids is 1. The average Bonchev–Trinajstić information content (AvgIpc) is 2.92. The van der Waals surface area contributed by atoms with E-state index >= 15 is 0 Å².